The average molecular weight is 709 g/mol. The molecule has 0 bridgehead atoms. The zero-order chi connectivity index (χ0) is 34.1. The van der Waals surface area contributed by atoms with Gasteiger partial charge in [0.2, 0.25) is 11.8 Å². The van der Waals surface area contributed by atoms with E-state index in [1.807, 2.05) is 30.3 Å². The summed E-state index contributed by atoms with van der Waals surface area (Å²) in [5.41, 5.74) is 1.52. The fraction of sp³-hybridized carbons (Fsp3) is 0.297. The minimum atomic E-state index is -4.25. The molecular weight excluding hydrogens is 669 g/mol. The quantitative estimate of drug-likeness (QED) is 0.158. The number of amides is 2. The number of hydrogen-bond donors (Lipinski definition) is 1. The van der Waals surface area contributed by atoms with Crippen molar-refractivity contribution in [2.75, 3.05) is 18.0 Å². The summed E-state index contributed by atoms with van der Waals surface area (Å²) in [4.78, 5) is 30.4. The SMILES string of the molecule is COc1cccc(N(CC(=O)N(Cc2c(Cl)cccc2Cl)[C@H](Cc2ccccc2)C(=O)NC2CCCCC2)S(=O)(=O)c2ccccc2)c1. The van der Waals surface area contributed by atoms with Gasteiger partial charge in [-0.25, -0.2) is 8.42 Å². The zero-order valence-corrected chi connectivity index (χ0v) is 29.1. The highest BCUT2D eigenvalue weighted by atomic mass is 35.5. The summed E-state index contributed by atoms with van der Waals surface area (Å²) < 4.78 is 34.9. The Bertz CT molecular complexity index is 1780. The van der Waals surface area contributed by atoms with E-state index in [2.05, 4.69) is 5.32 Å². The van der Waals surface area contributed by atoms with Crippen molar-refractivity contribution in [3.05, 3.63) is 124 Å². The summed E-state index contributed by atoms with van der Waals surface area (Å²) in [5, 5.41) is 3.85. The molecule has 2 amide bonds. The van der Waals surface area contributed by atoms with Crippen LogP contribution in [0.2, 0.25) is 10.0 Å². The highest BCUT2D eigenvalue weighted by Gasteiger charge is 2.36. The fourth-order valence-corrected chi connectivity index (χ4v) is 7.91. The number of halogens is 2. The van der Waals surface area contributed by atoms with E-state index in [0.717, 1.165) is 42.0 Å². The highest BCUT2D eigenvalue weighted by Crippen LogP contribution is 2.30. The Morgan fingerprint density at radius 3 is 2.12 bits per heavy atom. The topological polar surface area (TPSA) is 96.0 Å². The smallest absolute Gasteiger partial charge is 0.264 e. The molecule has 4 aromatic carbocycles. The van der Waals surface area contributed by atoms with Gasteiger partial charge in [-0.2, -0.15) is 0 Å². The standard InChI is InChI=1S/C37H39Cl2N3O5S/c1-47-30-18-11-17-29(24-30)42(48(45,46)31-19-9-4-10-20-31)26-36(43)41(25-32-33(38)21-12-22-34(32)39)35(23-27-13-5-2-6-14-27)37(44)40-28-15-7-3-8-16-28/h2,4-6,9-14,17-22,24,28,35H,3,7-8,15-16,23,25-26H2,1H3,(H,40,44)/t35-/m1/s1. The first kappa shape index (κ1) is 35.3. The van der Waals surface area contributed by atoms with Gasteiger partial charge in [-0.1, -0.05) is 103 Å². The summed E-state index contributed by atoms with van der Waals surface area (Å²) in [5.74, 6) is -0.504. The van der Waals surface area contributed by atoms with Crippen molar-refractivity contribution in [2.45, 2.75) is 62.0 Å². The Morgan fingerprint density at radius 2 is 1.48 bits per heavy atom. The lowest BCUT2D eigenvalue weighted by Crippen LogP contribution is -2.55. The maximum atomic E-state index is 14.7. The molecule has 1 saturated carbocycles. The van der Waals surface area contributed by atoms with Crippen LogP contribution in [0, 0.1) is 0 Å². The summed E-state index contributed by atoms with van der Waals surface area (Å²) in [6, 6.07) is 27.9. The molecular formula is C37H39Cl2N3O5S. The van der Waals surface area contributed by atoms with E-state index in [0.29, 0.717) is 21.4 Å². The van der Waals surface area contributed by atoms with Gasteiger partial charge in [0.25, 0.3) is 10.0 Å². The second-order valence-electron chi connectivity index (χ2n) is 11.8. The van der Waals surface area contributed by atoms with Crippen molar-refractivity contribution in [1.82, 2.24) is 10.2 Å². The van der Waals surface area contributed by atoms with Crippen molar-refractivity contribution < 1.29 is 22.7 Å². The number of nitrogens with one attached hydrogen (secondary N) is 1. The van der Waals surface area contributed by atoms with Crippen molar-refractivity contribution in [2.24, 2.45) is 0 Å². The molecule has 1 N–H and O–H groups in total. The molecule has 1 aliphatic carbocycles. The van der Waals surface area contributed by atoms with Crippen LogP contribution in [0.5, 0.6) is 5.75 Å². The van der Waals surface area contributed by atoms with Crippen LogP contribution in [-0.4, -0.2) is 50.9 Å². The number of sulfonamides is 1. The van der Waals surface area contributed by atoms with E-state index >= 15 is 0 Å². The normalized spacial score (nSPS) is 14.1. The van der Waals surface area contributed by atoms with Gasteiger partial charge >= 0.3 is 0 Å². The first-order chi connectivity index (χ1) is 23.2. The first-order valence-electron chi connectivity index (χ1n) is 16.0. The van der Waals surface area contributed by atoms with E-state index in [-0.39, 0.29) is 35.5 Å². The number of ether oxygens (including phenoxy) is 1. The molecule has 0 spiro atoms. The van der Waals surface area contributed by atoms with Crippen molar-refractivity contribution >= 4 is 50.7 Å². The van der Waals surface area contributed by atoms with Gasteiger partial charge in [0.05, 0.1) is 17.7 Å². The molecule has 0 radical (unpaired) electrons. The molecule has 1 atom stereocenters. The lowest BCUT2D eigenvalue weighted by Gasteiger charge is -2.35. The summed E-state index contributed by atoms with van der Waals surface area (Å²) in [6.07, 6.45) is 5.04. The molecule has 0 aliphatic heterocycles. The first-order valence-corrected chi connectivity index (χ1v) is 18.2. The van der Waals surface area contributed by atoms with Crippen molar-refractivity contribution in [3.63, 3.8) is 0 Å². The fourth-order valence-electron chi connectivity index (χ4n) is 5.97. The number of carbonyl (C=O) groups is 2. The number of rotatable bonds is 13. The van der Waals surface area contributed by atoms with Gasteiger partial charge in [0.15, 0.2) is 0 Å². The van der Waals surface area contributed by atoms with Gasteiger partial charge in [0, 0.05) is 40.7 Å². The van der Waals surface area contributed by atoms with E-state index in [9.17, 15) is 18.0 Å². The zero-order valence-electron chi connectivity index (χ0n) is 26.7. The average Bonchev–Trinajstić information content (AvgIpc) is 3.11. The molecule has 4 aromatic rings. The van der Waals surface area contributed by atoms with Crippen LogP contribution in [0.15, 0.2) is 108 Å². The molecule has 0 heterocycles. The molecule has 48 heavy (non-hydrogen) atoms. The Morgan fingerprint density at radius 1 is 0.854 bits per heavy atom. The van der Waals surface area contributed by atoms with E-state index < -0.39 is 28.5 Å². The van der Waals surface area contributed by atoms with E-state index in [1.54, 1.807) is 60.7 Å². The van der Waals surface area contributed by atoms with Gasteiger partial charge in [-0.3, -0.25) is 13.9 Å². The summed E-state index contributed by atoms with van der Waals surface area (Å²) in [6.45, 7) is -0.723. The highest BCUT2D eigenvalue weighted by molar-refractivity contribution is 7.92. The minimum absolute atomic E-state index is 0.0113. The molecule has 0 aromatic heterocycles. The minimum Gasteiger partial charge on any atom is -0.497 e. The van der Waals surface area contributed by atoms with Gasteiger partial charge in [0.1, 0.15) is 18.3 Å². The Labute approximate surface area is 292 Å². The number of benzene rings is 4. The molecule has 0 saturated heterocycles. The molecule has 5 rings (SSSR count). The predicted octanol–water partition coefficient (Wildman–Crippen LogP) is 7.29. The van der Waals surface area contributed by atoms with E-state index in [1.165, 1.54) is 24.1 Å². The van der Waals surface area contributed by atoms with Crippen LogP contribution in [-0.2, 0) is 32.6 Å². The van der Waals surface area contributed by atoms with Crippen molar-refractivity contribution in [1.29, 1.82) is 0 Å². The van der Waals surface area contributed by atoms with Crippen LogP contribution < -0.4 is 14.4 Å². The number of anilines is 1. The van der Waals surface area contributed by atoms with E-state index in [4.69, 9.17) is 27.9 Å². The predicted molar refractivity (Wildman–Crippen MR) is 190 cm³/mol. The maximum Gasteiger partial charge on any atom is 0.264 e. The Kier molecular flexibility index (Phi) is 12.0. The van der Waals surface area contributed by atoms with Gasteiger partial charge < -0.3 is 15.0 Å². The third-order valence-electron chi connectivity index (χ3n) is 8.56. The number of methoxy groups -OCH3 is 1. The molecule has 8 nitrogen and oxygen atoms in total. The monoisotopic (exact) mass is 707 g/mol. The van der Waals surface area contributed by atoms with Crippen LogP contribution in [0.3, 0.4) is 0 Å². The summed E-state index contributed by atoms with van der Waals surface area (Å²) >= 11 is 13.2. The van der Waals surface area contributed by atoms with Crippen LogP contribution in [0.1, 0.15) is 43.2 Å². The van der Waals surface area contributed by atoms with Gasteiger partial charge in [-0.15, -0.1) is 0 Å². The molecule has 1 aliphatic rings. The third-order valence-corrected chi connectivity index (χ3v) is 11.1. The molecule has 11 heteroatoms. The molecule has 252 valence electrons. The van der Waals surface area contributed by atoms with Crippen LogP contribution in [0.4, 0.5) is 5.69 Å². The molecule has 0 unspecified atom stereocenters. The van der Waals surface area contributed by atoms with Crippen LogP contribution >= 0.6 is 23.2 Å². The third kappa shape index (κ3) is 8.69. The van der Waals surface area contributed by atoms with Crippen molar-refractivity contribution in [3.8, 4) is 5.75 Å². The van der Waals surface area contributed by atoms with Gasteiger partial charge in [-0.05, 0) is 54.8 Å². The lowest BCUT2D eigenvalue weighted by atomic mass is 9.94. The van der Waals surface area contributed by atoms with Crippen LogP contribution in [0.25, 0.3) is 0 Å². The number of carbonyl (C=O) groups excluding carboxylic acids is 2. The number of nitrogens with zero attached hydrogens (tertiary/aromatic N) is 2. The largest absolute Gasteiger partial charge is 0.497 e. The second-order valence-corrected chi connectivity index (χ2v) is 14.5. The second kappa shape index (κ2) is 16.4. The lowest BCUT2D eigenvalue weighted by molar-refractivity contribution is -0.140. The molecule has 1 fully saturated rings. The summed E-state index contributed by atoms with van der Waals surface area (Å²) in [7, 11) is -2.77. The Balaban J connectivity index is 1.59. The number of hydrogen-bond acceptors (Lipinski definition) is 5. The maximum absolute atomic E-state index is 14.7. The Hall–Kier alpha value is -4.05.